The van der Waals surface area contributed by atoms with Gasteiger partial charge < -0.3 is 24.4 Å². The number of aliphatic hydroxyl groups is 2. The van der Waals surface area contributed by atoms with E-state index in [9.17, 15) is 19.8 Å². The van der Waals surface area contributed by atoms with Crippen molar-refractivity contribution < 1.29 is 34.0 Å². The van der Waals surface area contributed by atoms with E-state index < -0.39 is 17.7 Å². The molecule has 0 aliphatic carbocycles. The third-order valence-electron chi connectivity index (χ3n) is 3.23. The van der Waals surface area contributed by atoms with Crippen molar-refractivity contribution in [2.45, 2.75) is 32.5 Å². The van der Waals surface area contributed by atoms with Crippen LogP contribution in [0.4, 0.5) is 0 Å². The molecule has 0 fully saturated rings. The van der Waals surface area contributed by atoms with E-state index in [0.717, 1.165) is 0 Å². The van der Waals surface area contributed by atoms with Crippen LogP contribution in [0, 0.1) is 0 Å². The van der Waals surface area contributed by atoms with Crippen molar-refractivity contribution in [3.63, 3.8) is 0 Å². The van der Waals surface area contributed by atoms with Crippen LogP contribution in [0.15, 0.2) is 36.4 Å². The summed E-state index contributed by atoms with van der Waals surface area (Å²) in [5.41, 5.74) is -0.759. The zero-order valence-corrected chi connectivity index (χ0v) is 15.4. The molecule has 7 nitrogen and oxygen atoms in total. The lowest BCUT2D eigenvalue weighted by atomic mass is 9.97. The lowest BCUT2D eigenvalue weighted by molar-refractivity contribution is -0.143. The van der Waals surface area contributed by atoms with Crippen LogP contribution in [0.25, 0.3) is 0 Å². The third kappa shape index (κ3) is 7.77. The van der Waals surface area contributed by atoms with Gasteiger partial charge in [0, 0.05) is 11.1 Å². The van der Waals surface area contributed by atoms with Crippen molar-refractivity contribution in [2.75, 3.05) is 26.4 Å². The summed E-state index contributed by atoms with van der Waals surface area (Å²) in [6.07, 6.45) is -0.926. The Balaban J connectivity index is 2.25. The fourth-order valence-corrected chi connectivity index (χ4v) is 1.84. The molecule has 0 saturated heterocycles. The van der Waals surface area contributed by atoms with Gasteiger partial charge in [-0.2, -0.15) is 0 Å². The molecule has 0 heterocycles. The van der Waals surface area contributed by atoms with Gasteiger partial charge >= 0.3 is 5.97 Å². The first-order chi connectivity index (χ1) is 12.1. The summed E-state index contributed by atoms with van der Waals surface area (Å²) in [5.74, 6) is -0.371. The number of carbonyl (C=O) groups excluding carboxylic acids is 2. The van der Waals surface area contributed by atoms with Crippen LogP contribution >= 0.6 is 0 Å². The first kappa shape index (κ1) is 21.8. The third-order valence-corrected chi connectivity index (χ3v) is 3.23. The highest BCUT2D eigenvalue weighted by Gasteiger charge is 2.24. The van der Waals surface area contributed by atoms with Gasteiger partial charge in [0.15, 0.2) is 5.78 Å². The molecule has 0 bridgehead atoms. The molecule has 1 aromatic carbocycles. The SMILES string of the molecule is C=C(C)C(=O)OCC(O)COCCOc1ccc(C(=O)C(C)(C)O)cc1. The van der Waals surface area contributed by atoms with Crippen LogP contribution in [-0.2, 0) is 14.3 Å². The van der Waals surface area contributed by atoms with E-state index in [0.29, 0.717) is 11.3 Å². The van der Waals surface area contributed by atoms with Crippen molar-refractivity contribution in [1.82, 2.24) is 0 Å². The number of benzene rings is 1. The minimum absolute atomic E-state index is 0.00581. The predicted molar refractivity (Wildman–Crippen MR) is 95.2 cm³/mol. The quantitative estimate of drug-likeness (QED) is 0.265. The summed E-state index contributed by atoms with van der Waals surface area (Å²) in [7, 11) is 0. The number of esters is 1. The van der Waals surface area contributed by atoms with Crippen molar-refractivity contribution >= 4 is 11.8 Å². The van der Waals surface area contributed by atoms with Crippen molar-refractivity contribution in [3.05, 3.63) is 42.0 Å². The standard InChI is InChI=1S/C19H26O7/c1-13(2)18(22)26-12-15(20)11-24-9-10-25-16-7-5-14(6-8-16)17(21)19(3,4)23/h5-8,15,20,23H,1,9-12H2,2-4H3. The number of hydrogen-bond acceptors (Lipinski definition) is 7. The minimum Gasteiger partial charge on any atom is -0.491 e. The average Bonchev–Trinajstić information content (AvgIpc) is 2.58. The second-order valence-electron chi connectivity index (χ2n) is 6.37. The van der Waals surface area contributed by atoms with Gasteiger partial charge in [-0.25, -0.2) is 4.79 Å². The van der Waals surface area contributed by atoms with Crippen molar-refractivity contribution in [3.8, 4) is 5.75 Å². The Hall–Kier alpha value is -2.22. The van der Waals surface area contributed by atoms with Crippen LogP contribution in [-0.4, -0.2) is 60.1 Å². The number of ketones is 1. The minimum atomic E-state index is -1.42. The van der Waals surface area contributed by atoms with E-state index in [1.54, 1.807) is 24.3 Å². The van der Waals surface area contributed by atoms with E-state index in [-0.39, 0.29) is 37.8 Å². The van der Waals surface area contributed by atoms with Gasteiger partial charge in [0.2, 0.25) is 0 Å². The van der Waals surface area contributed by atoms with Gasteiger partial charge in [0.05, 0.1) is 13.2 Å². The highest BCUT2D eigenvalue weighted by atomic mass is 16.6. The summed E-state index contributed by atoms with van der Waals surface area (Å²) in [6.45, 7) is 8.16. The van der Waals surface area contributed by atoms with Crippen LogP contribution in [0.5, 0.6) is 5.75 Å². The molecular weight excluding hydrogens is 340 g/mol. The normalized spacial score (nSPS) is 12.3. The van der Waals surface area contributed by atoms with E-state index in [2.05, 4.69) is 6.58 Å². The molecule has 7 heteroatoms. The van der Waals surface area contributed by atoms with Gasteiger partial charge in [-0.3, -0.25) is 4.79 Å². The molecule has 0 radical (unpaired) electrons. The highest BCUT2D eigenvalue weighted by molar-refractivity contribution is 6.01. The number of ether oxygens (including phenoxy) is 3. The Labute approximate surface area is 153 Å². The molecule has 0 spiro atoms. The lowest BCUT2D eigenvalue weighted by Gasteiger charge is -2.15. The molecule has 1 rings (SSSR count). The molecule has 26 heavy (non-hydrogen) atoms. The number of rotatable bonds is 11. The maximum Gasteiger partial charge on any atom is 0.333 e. The second kappa shape index (κ2) is 10.1. The molecule has 0 aliphatic heterocycles. The topological polar surface area (TPSA) is 102 Å². The van der Waals surface area contributed by atoms with Crippen LogP contribution in [0.3, 0.4) is 0 Å². The molecule has 1 unspecified atom stereocenters. The van der Waals surface area contributed by atoms with Crippen molar-refractivity contribution in [1.29, 1.82) is 0 Å². The van der Waals surface area contributed by atoms with Crippen LogP contribution in [0.2, 0.25) is 0 Å². The van der Waals surface area contributed by atoms with Gasteiger partial charge in [0.1, 0.15) is 30.7 Å². The summed E-state index contributed by atoms with van der Waals surface area (Å²) in [5, 5.41) is 19.3. The van der Waals surface area contributed by atoms with Gasteiger partial charge in [-0.1, -0.05) is 6.58 Å². The summed E-state index contributed by atoms with van der Waals surface area (Å²) in [4.78, 5) is 23.1. The molecule has 0 saturated carbocycles. The predicted octanol–water partition coefficient (Wildman–Crippen LogP) is 1.52. The molecule has 0 aromatic heterocycles. The Bertz CT molecular complexity index is 614. The van der Waals surface area contributed by atoms with Gasteiger partial charge in [0.25, 0.3) is 0 Å². The van der Waals surface area contributed by atoms with E-state index in [1.807, 2.05) is 0 Å². The molecule has 1 aromatic rings. The van der Waals surface area contributed by atoms with E-state index >= 15 is 0 Å². The van der Waals surface area contributed by atoms with E-state index in [1.165, 1.54) is 20.8 Å². The zero-order chi connectivity index (χ0) is 19.7. The van der Waals surface area contributed by atoms with Gasteiger partial charge in [-0.05, 0) is 45.0 Å². The summed E-state index contributed by atoms with van der Waals surface area (Å²) >= 11 is 0. The Morgan fingerprint density at radius 3 is 2.31 bits per heavy atom. The molecular formula is C19H26O7. The number of hydrogen-bond donors (Lipinski definition) is 2. The Morgan fingerprint density at radius 2 is 1.77 bits per heavy atom. The van der Waals surface area contributed by atoms with Crippen LogP contribution in [0.1, 0.15) is 31.1 Å². The molecule has 2 N–H and O–H groups in total. The van der Waals surface area contributed by atoms with Crippen molar-refractivity contribution in [2.24, 2.45) is 0 Å². The Morgan fingerprint density at radius 1 is 1.15 bits per heavy atom. The molecule has 0 aliphatic rings. The lowest BCUT2D eigenvalue weighted by Crippen LogP contribution is -2.30. The average molecular weight is 366 g/mol. The molecule has 144 valence electrons. The Kier molecular flexibility index (Phi) is 8.44. The fraction of sp³-hybridized carbons (Fsp3) is 0.474. The number of carbonyl (C=O) groups is 2. The highest BCUT2D eigenvalue weighted by Crippen LogP contribution is 2.17. The first-order valence-corrected chi connectivity index (χ1v) is 8.19. The maximum atomic E-state index is 11.9. The first-order valence-electron chi connectivity index (χ1n) is 8.19. The van der Waals surface area contributed by atoms with Crippen LogP contribution < -0.4 is 4.74 Å². The van der Waals surface area contributed by atoms with Gasteiger partial charge in [-0.15, -0.1) is 0 Å². The smallest absolute Gasteiger partial charge is 0.333 e. The summed E-state index contributed by atoms with van der Waals surface area (Å²) in [6, 6.07) is 6.42. The fourth-order valence-electron chi connectivity index (χ4n) is 1.84. The molecule has 0 amide bonds. The second-order valence-corrected chi connectivity index (χ2v) is 6.37. The molecule has 1 atom stereocenters. The largest absolute Gasteiger partial charge is 0.491 e. The maximum absolute atomic E-state index is 11.9. The van der Waals surface area contributed by atoms with E-state index in [4.69, 9.17) is 14.2 Å². The summed E-state index contributed by atoms with van der Waals surface area (Å²) < 4.78 is 15.5. The number of aliphatic hydroxyl groups excluding tert-OH is 1. The zero-order valence-electron chi connectivity index (χ0n) is 15.4. The monoisotopic (exact) mass is 366 g/mol. The number of Topliss-reactive ketones (excluding diaryl/α,β-unsaturated/α-hetero) is 1.